The molecule has 0 amide bonds. The lowest BCUT2D eigenvalue weighted by Gasteiger charge is -2.05. The summed E-state index contributed by atoms with van der Waals surface area (Å²) in [5.41, 5.74) is 7.58. The van der Waals surface area contributed by atoms with E-state index in [0.717, 1.165) is 10.8 Å². The van der Waals surface area contributed by atoms with Crippen molar-refractivity contribution in [2.75, 3.05) is 5.73 Å². The zero-order valence-electron chi connectivity index (χ0n) is 9.41. The topological polar surface area (TPSA) is 56.7 Å². The Hall–Kier alpha value is -1.49. The Balaban J connectivity index is 1.67. The van der Waals surface area contributed by atoms with Gasteiger partial charge in [0.15, 0.2) is 0 Å². The Kier molecular flexibility index (Phi) is 2.76. The van der Waals surface area contributed by atoms with Crippen LogP contribution in [-0.4, -0.2) is 14.5 Å². The lowest BCUT2D eigenvalue weighted by Crippen LogP contribution is -1.97. The molecule has 0 aromatic carbocycles. The average Bonchev–Trinajstić information content (AvgIpc) is 3.08. The molecule has 2 N–H and O–H groups in total. The number of hydrogen-bond acceptors (Lipinski definition) is 4. The summed E-state index contributed by atoms with van der Waals surface area (Å²) < 4.78 is 2.28. The number of pyridine rings is 1. The average molecular weight is 246 g/mol. The van der Waals surface area contributed by atoms with Gasteiger partial charge in [-0.1, -0.05) is 0 Å². The Morgan fingerprint density at radius 1 is 1.35 bits per heavy atom. The molecule has 2 heterocycles. The fraction of sp³-hybridized carbons (Fsp3) is 0.333. The minimum absolute atomic E-state index is 0.687. The first-order valence-electron chi connectivity index (χ1n) is 5.68. The van der Waals surface area contributed by atoms with E-state index in [-0.39, 0.29) is 0 Å². The van der Waals surface area contributed by atoms with Crippen LogP contribution in [0, 0.1) is 0 Å². The summed E-state index contributed by atoms with van der Waals surface area (Å²) in [6.07, 6.45) is 8.15. The summed E-state index contributed by atoms with van der Waals surface area (Å²) in [7, 11) is 0. The second-order valence-corrected chi connectivity index (χ2v) is 5.24. The highest BCUT2D eigenvalue weighted by atomic mass is 32.2. The van der Waals surface area contributed by atoms with Crippen LogP contribution in [-0.2, 0) is 5.75 Å². The number of imidazole rings is 1. The smallest absolute Gasteiger partial charge is 0.0965 e. The van der Waals surface area contributed by atoms with E-state index < -0.39 is 0 Å². The summed E-state index contributed by atoms with van der Waals surface area (Å²) in [5.74, 6) is 0.910. The fourth-order valence-corrected chi connectivity index (χ4v) is 2.56. The maximum Gasteiger partial charge on any atom is 0.0965 e. The van der Waals surface area contributed by atoms with E-state index in [0.29, 0.717) is 11.7 Å². The van der Waals surface area contributed by atoms with Crippen molar-refractivity contribution in [3.05, 3.63) is 36.5 Å². The third-order valence-electron chi connectivity index (χ3n) is 2.81. The predicted octanol–water partition coefficient (Wildman–Crippen LogP) is 2.49. The van der Waals surface area contributed by atoms with Crippen LogP contribution in [0.2, 0.25) is 0 Å². The highest BCUT2D eigenvalue weighted by molar-refractivity contribution is 7.98. The summed E-state index contributed by atoms with van der Waals surface area (Å²) in [5, 5.41) is 1.00. The van der Waals surface area contributed by atoms with E-state index in [9.17, 15) is 0 Å². The van der Waals surface area contributed by atoms with Gasteiger partial charge >= 0.3 is 0 Å². The fourth-order valence-electron chi connectivity index (χ4n) is 1.75. The van der Waals surface area contributed by atoms with Crippen LogP contribution in [0.15, 0.2) is 35.9 Å². The van der Waals surface area contributed by atoms with Crippen LogP contribution < -0.4 is 5.73 Å². The number of thioether (sulfide) groups is 1. The molecule has 17 heavy (non-hydrogen) atoms. The maximum absolute atomic E-state index is 5.60. The van der Waals surface area contributed by atoms with Crippen molar-refractivity contribution in [1.82, 2.24) is 14.5 Å². The molecule has 5 heteroatoms. The quantitative estimate of drug-likeness (QED) is 0.842. The van der Waals surface area contributed by atoms with Crippen molar-refractivity contribution in [3.63, 3.8) is 0 Å². The van der Waals surface area contributed by atoms with Gasteiger partial charge in [0, 0.05) is 23.7 Å². The zero-order chi connectivity index (χ0) is 11.7. The van der Waals surface area contributed by atoms with Crippen molar-refractivity contribution in [1.29, 1.82) is 0 Å². The number of hydrogen-bond donors (Lipinski definition) is 1. The minimum atomic E-state index is 0.687. The van der Waals surface area contributed by atoms with Crippen molar-refractivity contribution in [3.8, 4) is 0 Å². The summed E-state index contributed by atoms with van der Waals surface area (Å²) >= 11 is 1.72. The third kappa shape index (κ3) is 2.44. The Labute approximate surface area is 104 Å². The normalized spacial score (nSPS) is 15.1. The van der Waals surface area contributed by atoms with Crippen molar-refractivity contribution >= 4 is 17.4 Å². The SMILES string of the molecule is Nc1ccc(SCc2cncn2C2CC2)nc1. The number of nitrogens with zero attached hydrogens (tertiary/aromatic N) is 3. The molecule has 3 rings (SSSR count). The molecule has 2 aromatic rings. The minimum Gasteiger partial charge on any atom is -0.397 e. The molecule has 0 saturated heterocycles. The van der Waals surface area contributed by atoms with E-state index in [1.165, 1.54) is 18.5 Å². The molecule has 1 fully saturated rings. The molecule has 1 saturated carbocycles. The second kappa shape index (κ2) is 4.41. The van der Waals surface area contributed by atoms with E-state index >= 15 is 0 Å². The first-order valence-corrected chi connectivity index (χ1v) is 6.66. The lowest BCUT2D eigenvalue weighted by atomic mass is 10.4. The molecular formula is C12H14N4S. The van der Waals surface area contributed by atoms with Gasteiger partial charge in [-0.05, 0) is 25.0 Å². The van der Waals surface area contributed by atoms with E-state index in [1.807, 2.05) is 24.7 Å². The molecule has 0 atom stereocenters. The molecule has 88 valence electrons. The summed E-state index contributed by atoms with van der Waals surface area (Å²) in [6, 6.07) is 4.53. The maximum atomic E-state index is 5.60. The standard InChI is InChI=1S/C12H14N4S/c13-9-1-4-12(15-5-9)17-7-11-6-14-8-16(11)10-2-3-10/h1,4-6,8,10H,2-3,7,13H2. The van der Waals surface area contributed by atoms with Gasteiger partial charge in [-0.25, -0.2) is 9.97 Å². The van der Waals surface area contributed by atoms with Crippen LogP contribution in [0.5, 0.6) is 0 Å². The van der Waals surface area contributed by atoms with Crippen molar-refractivity contribution in [2.24, 2.45) is 0 Å². The van der Waals surface area contributed by atoms with E-state index in [2.05, 4.69) is 14.5 Å². The van der Waals surface area contributed by atoms with Crippen LogP contribution >= 0.6 is 11.8 Å². The molecule has 4 nitrogen and oxygen atoms in total. The van der Waals surface area contributed by atoms with Crippen LogP contribution in [0.25, 0.3) is 0 Å². The van der Waals surface area contributed by atoms with Gasteiger partial charge in [-0.3, -0.25) is 0 Å². The second-order valence-electron chi connectivity index (χ2n) is 4.24. The molecule has 0 bridgehead atoms. The van der Waals surface area contributed by atoms with Crippen molar-refractivity contribution in [2.45, 2.75) is 29.7 Å². The van der Waals surface area contributed by atoms with Crippen LogP contribution in [0.4, 0.5) is 5.69 Å². The highest BCUT2D eigenvalue weighted by Crippen LogP contribution is 2.36. The Morgan fingerprint density at radius 2 is 2.24 bits per heavy atom. The van der Waals surface area contributed by atoms with Gasteiger partial charge < -0.3 is 10.3 Å². The van der Waals surface area contributed by atoms with Crippen LogP contribution in [0.1, 0.15) is 24.6 Å². The number of aromatic nitrogens is 3. The first kappa shape index (κ1) is 10.7. The Bertz CT molecular complexity index is 501. The molecule has 0 spiro atoms. The van der Waals surface area contributed by atoms with Gasteiger partial charge in [0.2, 0.25) is 0 Å². The predicted molar refractivity (Wildman–Crippen MR) is 68.7 cm³/mol. The molecule has 1 aliphatic rings. The molecule has 0 aliphatic heterocycles. The Morgan fingerprint density at radius 3 is 2.94 bits per heavy atom. The van der Waals surface area contributed by atoms with Gasteiger partial charge in [0.25, 0.3) is 0 Å². The van der Waals surface area contributed by atoms with Gasteiger partial charge in [0.1, 0.15) is 0 Å². The zero-order valence-corrected chi connectivity index (χ0v) is 10.2. The van der Waals surface area contributed by atoms with Gasteiger partial charge in [0.05, 0.1) is 23.2 Å². The largest absolute Gasteiger partial charge is 0.397 e. The number of nitrogens with two attached hydrogens (primary N) is 1. The molecule has 0 unspecified atom stereocenters. The molecule has 1 aliphatic carbocycles. The monoisotopic (exact) mass is 246 g/mol. The lowest BCUT2D eigenvalue weighted by molar-refractivity contribution is 0.714. The highest BCUT2D eigenvalue weighted by Gasteiger charge is 2.25. The molecule has 0 radical (unpaired) electrons. The summed E-state index contributed by atoms with van der Waals surface area (Å²) in [6.45, 7) is 0. The first-order chi connectivity index (χ1) is 8.33. The van der Waals surface area contributed by atoms with Crippen molar-refractivity contribution < 1.29 is 0 Å². The third-order valence-corrected chi connectivity index (χ3v) is 3.79. The number of nitrogen functional groups attached to an aromatic ring is 1. The van der Waals surface area contributed by atoms with Crippen LogP contribution in [0.3, 0.4) is 0 Å². The van der Waals surface area contributed by atoms with E-state index in [1.54, 1.807) is 18.0 Å². The summed E-state index contributed by atoms with van der Waals surface area (Å²) in [4.78, 5) is 8.50. The van der Waals surface area contributed by atoms with Gasteiger partial charge in [-0.15, -0.1) is 11.8 Å². The van der Waals surface area contributed by atoms with E-state index in [4.69, 9.17) is 5.73 Å². The molecular weight excluding hydrogens is 232 g/mol. The number of rotatable bonds is 4. The molecule has 2 aromatic heterocycles. The number of anilines is 1. The van der Waals surface area contributed by atoms with Gasteiger partial charge in [-0.2, -0.15) is 0 Å².